The highest BCUT2D eigenvalue weighted by atomic mass is 32.5. The monoisotopic (exact) mass is 334 g/mol. The molecule has 118 valence electrons. The molecule has 2 aromatic rings. The minimum Gasteiger partial charge on any atom is -0.358 e. The van der Waals surface area contributed by atoms with Crippen molar-refractivity contribution in [3.05, 3.63) is 30.5 Å². The van der Waals surface area contributed by atoms with Gasteiger partial charge in [0.2, 0.25) is 0 Å². The first-order chi connectivity index (χ1) is 9.60. The number of rotatable bonds is 4. The van der Waals surface area contributed by atoms with Gasteiger partial charge in [0.25, 0.3) is 0 Å². The Morgan fingerprint density at radius 2 is 1.68 bits per heavy atom. The molecule has 1 heterocycles. The van der Waals surface area contributed by atoms with Crippen molar-refractivity contribution in [2.24, 2.45) is 0 Å². The predicted molar refractivity (Wildman–Crippen MR) is 81.4 cm³/mol. The van der Waals surface area contributed by atoms with E-state index in [9.17, 15) is 19.4 Å². The number of nitrogens with zero attached hydrogens (tertiary/aromatic N) is 2. The van der Waals surface area contributed by atoms with Crippen LogP contribution in [0.15, 0.2) is 35.4 Å². The first-order valence-corrected chi connectivity index (χ1v) is 8.13. The molecule has 2 rings (SSSR count). The van der Waals surface area contributed by atoms with Gasteiger partial charge in [-0.15, -0.1) is 0 Å². The maximum atomic E-state index is 12.8. The van der Waals surface area contributed by atoms with Gasteiger partial charge in [-0.3, -0.25) is 0 Å². The van der Waals surface area contributed by atoms with Crippen LogP contribution in [0.3, 0.4) is 0 Å². The van der Waals surface area contributed by atoms with E-state index in [1.807, 2.05) is 0 Å². The van der Waals surface area contributed by atoms with Crippen LogP contribution in [0.2, 0.25) is 0 Å². The zero-order valence-electron chi connectivity index (χ0n) is 11.9. The average Bonchev–Trinajstić information content (AvgIpc) is 2.66. The molecule has 0 saturated carbocycles. The van der Waals surface area contributed by atoms with E-state index >= 15 is 0 Å². The smallest absolute Gasteiger partial charge is 0.310 e. The SMILES string of the molecule is [B]C([B])(CN(C)C)n1ccc2cc(S(F)(F)(F)(F)F)ccc21. The standard InChI is InChI=1S/C12H13B2F5N2S/c1-20(2)8-12(13,14)21-6-5-9-7-10(3-4-11(9)21)22(15,16,17,18)19/h3-7H,8H2,1-2H3. The molecule has 0 amide bonds. The lowest BCUT2D eigenvalue weighted by molar-refractivity contribution is 0.354. The Morgan fingerprint density at radius 1 is 1.09 bits per heavy atom. The molecule has 0 bridgehead atoms. The summed E-state index contributed by atoms with van der Waals surface area (Å²) in [6.45, 7) is 0.208. The van der Waals surface area contributed by atoms with E-state index in [2.05, 4.69) is 0 Å². The Kier molecular flexibility index (Phi) is 3.31. The molecule has 0 atom stereocenters. The molecule has 1 aromatic heterocycles. The number of likely N-dealkylation sites (N-methyl/N-ethyl adjacent to an activating group) is 1. The summed E-state index contributed by atoms with van der Waals surface area (Å²) in [4.78, 5) is -0.230. The van der Waals surface area contributed by atoms with E-state index < -0.39 is 20.5 Å². The van der Waals surface area contributed by atoms with Crippen molar-refractivity contribution in [2.45, 2.75) is 10.2 Å². The van der Waals surface area contributed by atoms with E-state index in [-0.39, 0.29) is 17.4 Å². The van der Waals surface area contributed by atoms with Gasteiger partial charge in [0.05, 0.1) is 15.7 Å². The van der Waals surface area contributed by atoms with Gasteiger partial charge < -0.3 is 9.47 Å². The van der Waals surface area contributed by atoms with Gasteiger partial charge in [-0.05, 0) is 43.7 Å². The van der Waals surface area contributed by atoms with E-state index in [1.165, 1.54) is 16.8 Å². The van der Waals surface area contributed by atoms with Gasteiger partial charge in [0.15, 0.2) is 0 Å². The summed E-state index contributed by atoms with van der Waals surface area (Å²) in [6, 6.07) is 2.99. The summed E-state index contributed by atoms with van der Waals surface area (Å²) >= 11 is 0. The van der Waals surface area contributed by atoms with Gasteiger partial charge in [-0.25, -0.2) is 0 Å². The van der Waals surface area contributed by atoms with Crippen LogP contribution in [-0.4, -0.2) is 45.8 Å². The minimum absolute atomic E-state index is 0.00946. The second-order valence-electron chi connectivity index (χ2n) is 5.60. The number of hydrogen-bond donors (Lipinski definition) is 0. The molecular formula is C12H13B2F5N2S. The summed E-state index contributed by atoms with van der Waals surface area (Å²) in [7, 11) is 5.68. The largest absolute Gasteiger partial charge is 0.358 e. The van der Waals surface area contributed by atoms with Crippen molar-refractivity contribution in [2.75, 3.05) is 20.6 Å². The summed E-state index contributed by atoms with van der Waals surface area (Å²) in [5, 5.41) is -1.40. The van der Waals surface area contributed by atoms with Crippen molar-refractivity contribution in [1.82, 2.24) is 9.47 Å². The van der Waals surface area contributed by atoms with Crippen molar-refractivity contribution in [3.8, 4) is 0 Å². The van der Waals surface area contributed by atoms with E-state index in [0.717, 1.165) is 6.07 Å². The molecule has 0 N–H and O–H groups in total. The maximum Gasteiger partial charge on any atom is 0.310 e. The van der Waals surface area contributed by atoms with Crippen LogP contribution in [0, 0.1) is 0 Å². The topological polar surface area (TPSA) is 8.17 Å². The zero-order valence-corrected chi connectivity index (χ0v) is 12.8. The van der Waals surface area contributed by atoms with Crippen LogP contribution < -0.4 is 0 Å². The third-order valence-electron chi connectivity index (χ3n) is 3.13. The molecule has 0 spiro atoms. The Balaban J connectivity index is 2.58. The van der Waals surface area contributed by atoms with Gasteiger partial charge in [-0.1, -0.05) is 19.4 Å². The lowest BCUT2D eigenvalue weighted by Gasteiger charge is -2.40. The fourth-order valence-corrected chi connectivity index (χ4v) is 2.98. The summed E-state index contributed by atoms with van der Waals surface area (Å²) in [5.41, 5.74) is 0.248. The molecule has 0 aliphatic heterocycles. The highest BCUT2D eigenvalue weighted by Crippen LogP contribution is 3.02. The third-order valence-corrected chi connectivity index (χ3v) is 4.27. The highest BCUT2D eigenvalue weighted by molar-refractivity contribution is 8.45. The summed E-state index contributed by atoms with van der Waals surface area (Å²) in [6.07, 6.45) is 1.38. The molecular weight excluding hydrogens is 321 g/mol. The molecule has 2 nitrogen and oxygen atoms in total. The molecule has 4 radical (unpaired) electrons. The van der Waals surface area contributed by atoms with E-state index in [1.54, 1.807) is 19.0 Å². The number of hydrogen-bond acceptors (Lipinski definition) is 1. The number of halogens is 5. The molecule has 0 aliphatic carbocycles. The fourth-order valence-electron chi connectivity index (χ4n) is 2.31. The van der Waals surface area contributed by atoms with Crippen molar-refractivity contribution in [3.63, 3.8) is 0 Å². The third kappa shape index (κ3) is 3.43. The Morgan fingerprint density at radius 3 is 2.18 bits per heavy atom. The van der Waals surface area contributed by atoms with Crippen LogP contribution >= 0.6 is 10.2 Å². The normalized spacial score (nSPS) is 16.7. The summed E-state index contributed by atoms with van der Waals surface area (Å²) < 4.78 is 65.5. The summed E-state index contributed by atoms with van der Waals surface area (Å²) in [5.74, 6) is 0. The second-order valence-corrected chi connectivity index (χ2v) is 8.01. The van der Waals surface area contributed by atoms with Crippen LogP contribution in [-0.2, 0) is 5.34 Å². The molecule has 0 fully saturated rings. The van der Waals surface area contributed by atoms with Crippen molar-refractivity contribution in [1.29, 1.82) is 0 Å². The first-order valence-electron chi connectivity index (χ1n) is 6.18. The molecule has 1 aromatic carbocycles. The van der Waals surface area contributed by atoms with Crippen LogP contribution in [0.1, 0.15) is 0 Å². The molecule has 10 heteroatoms. The molecule has 0 aliphatic rings. The van der Waals surface area contributed by atoms with Crippen molar-refractivity contribution >= 4 is 36.8 Å². The zero-order chi connectivity index (χ0) is 17.0. The predicted octanol–water partition coefficient (Wildman–Crippen LogP) is 3.81. The Labute approximate surface area is 127 Å². The molecule has 0 unspecified atom stereocenters. The van der Waals surface area contributed by atoms with Gasteiger partial charge in [-0.2, -0.15) is 0 Å². The highest BCUT2D eigenvalue weighted by Gasteiger charge is 2.65. The van der Waals surface area contributed by atoms with E-state index in [0.29, 0.717) is 12.1 Å². The molecule has 0 saturated heterocycles. The lowest BCUT2D eigenvalue weighted by Crippen LogP contribution is -2.43. The van der Waals surface area contributed by atoms with Crippen molar-refractivity contribution < 1.29 is 19.4 Å². The average molecular weight is 334 g/mol. The van der Waals surface area contributed by atoms with E-state index in [4.69, 9.17) is 15.7 Å². The van der Waals surface area contributed by atoms with Crippen LogP contribution in [0.4, 0.5) is 19.4 Å². The van der Waals surface area contributed by atoms with Crippen LogP contribution in [0.25, 0.3) is 10.9 Å². The molecule has 22 heavy (non-hydrogen) atoms. The second kappa shape index (κ2) is 4.23. The number of fused-ring (bicyclic) bond motifs is 1. The number of benzene rings is 1. The van der Waals surface area contributed by atoms with Crippen LogP contribution in [0.5, 0.6) is 0 Å². The van der Waals surface area contributed by atoms with Gasteiger partial charge in [0, 0.05) is 23.6 Å². The lowest BCUT2D eigenvalue weighted by atomic mass is 9.61. The van der Waals surface area contributed by atoms with Gasteiger partial charge in [0.1, 0.15) is 4.90 Å². The maximum absolute atomic E-state index is 12.8. The Bertz CT molecular complexity index is 724. The Hall–Kier alpha value is -1.15. The first kappa shape index (κ1) is 17.2. The minimum atomic E-state index is -9.70. The van der Waals surface area contributed by atoms with Gasteiger partial charge >= 0.3 is 10.2 Å². The fraction of sp³-hybridized carbons (Fsp3) is 0.333. The number of aromatic nitrogens is 1. The quantitative estimate of drug-likeness (QED) is 0.610.